The Kier molecular flexibility index (Phi) is 4.71. The lowest BCUT2D eigenvalue weighted by Gasteiger charge is -2.13. The van der Waals surface area contributed by atoms with Crippen molar-refractivity contribution < 1.29 is 9.90 Å². The Balaban J connectivity index is 2.03. The molecule has 0 saturated heterocycles. The molecule has 1 aliphatic heterocycles. The van der Waals surface area contributed by atoms with Crippen molar-refractivity contribution in [2.75, 3.05) is 18.9 Å². The normalized spacial score (nSPS) is 15.1. The van der Waals surface area contributed by atoms with Gasteiger partial charge in [-0.2, -0.15) is 0 Å². The molecule has 0 saturated carbocycles. The minimum atomic E-state index is -0.00180. The number of benzene rings is 1. The summed E-state index contributed by atoms with van der Waals surface area (Å²) in [6.07, 6.45) is 2.66. The van der Waals surface area contributed by atoms with E-state index in [9.17, 15) is 9.90 Å². The SMILES string of the molecule is CCCN1Cc2nc3c(CCC(C)CO)cccc3c(N)c2C1=O. The van der Waals surface area contributed by atoms with E-state index in [0.29, 0.717) is 17.8 Å². The van der Waals surface area contributed by atoms with Crippen LogP contribution in [0.15, 0.2) is 18.2 Å². The zero-order valence-corrected chi connectivity index (χ0v) is 14.4. The van der Waals surface area contributed by atoms with Crippen LogP contribution in [0.4, 0.5) is 5.69 Å². The maximum absolute atomic E-state index is 12.6. The number of aliphatic hydroxyl groups is 1. The van der Waals surface area contributed by atoms with Gasteiger partial charge < -0.3 is 15.7 Å². The lowest BCUT2D eigenvalue weighted by atomic mass is 9.98. The average molecular weight is 327 g/mol. The molecule has 2 heterocycles. The van der Waals surface area contributed by atoms with Crippen LogP contribution < -0.4 is 5.73 Å². The molecule has 0 radical (unpaired) electrons. The van der Waals surface area contributed by atoms with Gasteiger partial charge in [0.2, 0.25) is 0 Å². The lowest BCUT2D eigenvalue weighted by Crippen LogP contribution is -2.24. The third-order valence-corrected chi connectivity index (χ3v) is 4.77. The summed E-state index contributed by atoms with van der Waals surface area (Å²) >= 11 is 0. The van der Waals surface area contributed by atoms with E-state index in [2.05, 4.69) is 13.0 Å². The highest BCUT2D eigenvalue weighted by atomic mass is 16.3. The number of nitrogen functional groups attached to an aromatic ring is 1. The minimum Gasteiger partial charge on any atom is -0.397 e. The van der Waals surface area contributed by atoms with Gasteiger partial charge in [-0.1, -0.05) is 32.0 Å². The molecule has 3 rings (SSSR count). The third kappa shape index (κ3) is 2.84. The van der Waals surface area contributed by atoms with Crippen LogP contribution in [0.5, 0.6) is 0 Å². The number of amides is 1. The smallest absolute Gasteiger partial charge is 0.258 e. The number of rotatable bonds is 6. The van der Waals surface area contributed by atoms with Crippen molar-refractivity contribution in [3.05, 3.63) is 35.0 Å². The number of nitrogens with two attached hydrogens (primary N) is 1. The molecular formula is C19H25N3O2. The number of carbonyl (C=O) groups excluding carboxylic acids is 1. The number of pyridine rings is 1. The van der Waals surface area contributed by atoms with Crippen LogP contribution in [0.1, 0.15) is 48.3 Å². The van der Waals surface area contributed by atoms with Gasteiger partial charge in [0.15, 0.2) is 0 Å². The summed E-state index contributed by atoms with van der Waals surface area (Å²) in [7, 11) is 0. The van der Waals surface area contributed by atoms with Crippen molar-refractivity contribution in [3.63, 3.8) is 0 Å². The Hall–Kier alpha value is -2.14. The van der Waals surface area contributed by atoms with Gasteiger partial charge in [-0.3, -0.25) is 4.79 Å². The molecule has 1 aromatic heterocycles. The number of fused-ring (bicyclic) bond motifs is 2. The zero-order chi connectivity index (χ0) is 17.3. The van der Waals surface area contributed by atoms with Crippen LogP contribution in [0.25, 0.3) is 10.9 Å². The van der Waals surface area contributed by atoms with E-state index >= 15 is 0 Å². The lowest BCUT2D eigenvalue weighted by molar-refractivity contribution is 0.0779. The second-order valence-corrected chi connectivity index (χ2v) is 6.71. The van der Waals surface area contributed by atoms with Gasteiger partial charge in [-0.15, -0.1) is 0 Å². The van der Waals surface area contributed by atoms with Crippen molar-refractivity contribution in [3.8, 4) is 0 Å². The highest BCUT2D eigenvalue weighted by Gasteiger charge is 2.31. The molecule has 128 valence electrons. The highest BCUT2D eigenvalue weighted by molar-refractivity contribution is 6.09. The Labute approximate surface area is 142 Å². The van der Waals surface area contributed by atoms with Gasteiger partial charge in [0.05, 0.1) is 29.0 Å². The van der Waals surface area contributed by atoms with E-state index in [1.54, 1.807) is 0 Å². The molecule has 2 aromatic rings. The number of aliphatic hydroxyl groups excluding tert-OH is 1. The number of aromatic nitrogens is 1. The van der Waals surface area contributed by atoms with E-state index in [0.717, 1.165) is 48.0 Å². The van der Waals surface area contributed by atoms with Crippen molar-refractivity contribution in [1.82, 2.24) is 9.88 Å². The number of para-hydroxylation sites is 1. The van der Waals surface area contributed by atoms with Gasteiger partial charge in [-0.25, -0.2) is 4.98 Å². The van der Waals surface area contributed by atoms with Crippen molar-refractivity contribution >= 4 is 22.5 Å². The fourth-order valence-electron chi connectivity index (χ4n) is 3.33. The van der Waals surface area contributed by atoms with Crippen molar-refractivity contribution in [1.29, 1.82) is 0 Å². The second-order valence-electron chi connectivity index (χ2n) is 6.71. The number of aryl methyl sites for hydroxylation is 1. The Bertz CT molecular complexity index is 773. The number of nitrogens with zero attached hydrogens (tertiary/aromatic N) is 2. The molecular weight excluding hydrogens is 302 g/mol. The molecule has 1 atom stereocenters. The molecule has 24 heavy (non-hydrogen) atoms. The molecule has 5 heteroatoms. The standard InChI is InChI=1S/C19H25N3O2/c1-3-9-22-10-15-16(19(22)24)17(20)14-6-4-5-13(18(14)21-15)8-7-12(2)11-23/h4-6,12,23H,3,7-11H2,1-2H3,(H2,20,21). The van der Waals surface area contributed by atoms with Crippen LogP contribution in [0, 0.1) is 5.92 Å². The monoisotopic (exact) mass is 327 g/mol. The first-order valence-corrected chi connectivity index (χ1v) is 8.66. The number of hydrogen-bond donors (Lipinski definition) is 2. The number of carbonyl (C=O) groups is 1. The average Bonchev–Trinajstić information content (AvgIpc) is 2.89. The molecule has 0 aliphatic carbocycles. The van der Waals surface area contributed by atoms with Gasteiger partial charge in [-0.05, 0) is 30.7 Å². The van der Waals surface area contributed by atoms with Crippen LogP contribution in [-0.2, 0) is 13.0 Å². The van der Waals surface area contributed by atoms with Gasteiger partial charge in [0.25, 0.3) is 5.91 Å². The Morgan fingerprint density at radius 2 is 2.21 bits per heavy atom. The molecule has 1 unspecified atom stereocenters. The minimum absolute atomic E-state index is 0.00180. The molecule has 1 amide bonds. The molecule has 1 aromatic carbocycles. The maximum atomic E-state index is 12.6. The Morgan fingerprint density at radius 1 is 1.42 bits per heavy atom. The van der Waals surface area contributed by atoms with Gasteiger partial charge in [0, 0.05) is 18.5 Å². The van der Waals surface area contributed by atoms with E-state index in [1.165, 1.54) is 0 Å². The first-order chi connectivity index (χ1) is 11.6. The summed E-state index contributed by atoms with van der Waals surface area (Å²) in [5.74, 6) is 0.256. The third-order valence-electron chi connectivity index (χ3n) is 4.77. The summed E-state index contributed by atoms with van der Waals surface area (Å²) in [5, 5.41) is 10.1. The van der Waals surface area contributed by atoms with Gasteiger partial charge in [0.1, 0.15) is 0 Å². The topological polar surface area (TPSA) is 79.4 Å². The van der Waals surface area contributed by atoms with Crippen LogP contribution >= 0.6 is 0 Å². The summed E-state index contributed by atoms with van der Waals surface area (Å²) in [5.41, 5.74) is 10.3. The highest BCUT2D eigenvalue weighted by Crippen LogP contribution is 2.33. The largest absolute Gasteiger partial charge is 0.397 e. The summed E-state index contributed by atoms with van der Waals surface area (Å²) in [6, 6.07) is 5.97. The molecule has 5 nitrogen and oxygen atoms in total. The number of hydrogen-bond acceptors (Lipinski definition) is 4. The molecule has 0 spiro atoms. The molecule has 0 bridgehead atoms. The van der Waals surface area contributed by atoms with Gasteiger partial charge >= 0.3 is 0 Å². The molecule has 1 aliphatic rings. The molecule has 0 fully saturated rings. The van der Waals surface area contributed by atoms with Crippen LogP contribution in [0.3, 0.4) is 0 Å². The summed E-state index contributed by atoms with van der Waals surface area (Å²) in [6.45, 7) is 5.56. The first-order valence-electron chi connectivity index (χ1n) is 8.66. The van der Waals surface area contributed by atoms with E-state index < -0.39 is 0 Å². The zero-order valence-electron chi connectivity index (χ0n) is 14.4. The quantitative estimate of drug-likeness (QED) is 0.855. The fourth-order valence-corrected chi connectivity index (χ4v) is 3.33. The van der Waals surface area contributed by atoms with Crippen LogP contribution in [-0.4, -0.2) is 34.0 Å². The van der Waals surface area contributed by atoms with E-state index in [-0.39, 0.29) is 18.4 Å². The fraction of sp³-hybridized carbons (Fsp3) is 0.474. The predicted octanol–water partition coefficient (Wildman–Crippen LogP) is 2.74. The predicted molar refractivity (Wildman–Crippen MR) is 95.8 cm³/mol. The summed E-state index contributed by atoms with van der Waals surface area (Å²) in [4.78, 5) is 19.2. The maximum Gasteiger partial charge on any atom is 0.258 e. The van der Waals surface area contributed by atoms with Crippen molar-refractivity contribution in [2.24, 2.45) is 5.92 Å². The van der Waals surface area contributed by atoms with Crippen molar-refractivity contribution in [2.45, 2.75) is 39.7 Å². The summed E-state index contributed by atoms with van der Waals surface area (Å²) < 4.78 is 0. The van der Waals surface area contributed by atoms with E-state index in [4.69, 9.17) is 10.7 Å². The second kappa shape index (κ2) is 6.77. The first kappa shape index (κ1) is 16.7. The van der Waals surface area contributed by atoms with Crippen LogP contribution in [0.2, 0.25) is 0 Å². The Morgan fingerprint density at radius 3 is 2.92 bits per heavy atom. The van der Waals surface area contributed by atoms with E-state index in [1.807, 2.05) is 24.0 Å². The number of anilines is 1. The molecule has 3 N–H and O–H groups in total.